The van der Waals surface area contributed by atoms with Crippen molar-refractivity contribution in [3.8, 4) is 0 Å². The average Bonchev–Trinajstić information content (AvgIpc) is 2.81. The topological polar surface area (TPSA) is 105 Å². The van der Waals surface area contributed by atoms with Crippen LogP contribution in [0.2, 0.25) is 5.02 Å². The largest absolute Gasteiger partial charge is 0.389 e. The number of hydrogen-bond donors (Lipinski definition) is 2. The molecular weight excluding hydrogens is 492 g/mol. The second kappa shape index (κ2) is 11.4. The van der Waals surface area contributed by atoms with Crippen LogP contribution in [0.4, 0.5) is 0 Å². The SMILES string of the molecule is Cc1ccccc1S(=O)(=O)N1C[C@H](O)COC[C@@H]2O[C@@H](CC(=O)NCc3ccccc3Cl)CC[C@H]21. The molecule has 2 N–H and O–H groups in total. The van der Waals surface area contributed by atoms with E-state index in [0.717, 1.165) is 5.56 Å². The predicted octanol–water partition coefficient (Wildman–Crippen LogP) is 2.65. The molecule has 2 heterocycles. The van der Waals surface area contributed by atoms with Crippen molar-refractivity contribution in [1.82, 2.24) is 9.62 Å². The molecule has 4 atom stereocenters. The quantitative estimate of drug-likeness (QED) is 0.604. The van der Waals surface area contributed by atoms with Gasteiger partial charge in [0.2, 0.25) is 15.9 Å². The first kappa shape index (κ1) is 26.1. The highest BCUT2D eigenvalue weighted by atomic mass is 35.5. The predicted molar refractivity (Wildman–Crippen MR) is 131 cm³/mol. The van der Waals surface area contributed by atoms with Crippen LogP contribution in [0.3, 0.4) is 0 Å². The molecule has 8 nitrogen and oxygen atoms in total. The van der Waals surface area contributed by atoms with Gasteiger partial charge in [-0.3, -0.25) is 4.79 Å². The number of sulfonamides is 1. The molecule has 10 heteroatoms. The molecule has 1 amide bonds. The van der Waals surface area contributed by atoms with E-state index in [1.54, 1.807) is 37.3 Å². The number of ether oxygens (including phenoxy) is 2. The van der Waals surface area contributed by atoms with Crippen molar-refractivity contribution in [3.63, 3.8) is 0 Å². The van der Waals surface area contributed by atoms with Crippen molar-refractivity contribution in [3.05, 3.63) is 64.7 Å². The summed E-state index contributed by atoms with van der Waals surface area (Å²) in [6.45, 7) is 2.14. The highest BCUT2D eigenvalue weighted by molar-refractivity contribution is 7.89. The van der Waals surface area contributed by atoms with Crippen LogP contribution in [0.15, 0.2) is 53.4 Å². The van der Waals surface area contributed by atoms with E-state index in [1.165, 1.54) is 4.31 Å². The molecule has 4 rings (SSSR count). The highest BCUT2D eigenvalue weighted by Gasteiger charge is 2.43. The fraction of sp³-hybridized carbons (Fsp3) is 0.480. The number of fused-ring (bicyclic) bond motifs is 1. The summed E-state index contributed by atoms with van der Waals surface area (Å²) in [7, 11) is -3.87. The van der Waals surface area contributed by atoms with Crippen molar-refractivity contribution in [2.75, 3.05) is 19.8 Å². The van der Waals surface area contributed by atoms with Gasteiger partial charge in [0.25, 0.3) is 0 Å². The smallest absolute Gasteiger partial charge is 0.243 e. The van der Waals surface area contributed by atoms with Crippen LogP contribution in [0.1, 0.15) is 30.4 Å². The molecule has 0 radical (unpaired) electrons. The number of carbonyl (C=O) groups excluding carboxylic acids is 1. The lowest BCUT2D eigenvalue weighted by Crippen LogP contribution is -2.57. The Morgan fingerprint density at radius 3 is 2.66 bits per heavy atom. The van der Waals surface area contributed by atoms with E-state index >= 15 is 0 Å². The summed E-state index contributed by atoms with van der Waals surface area (Å²) < 4.78 is 40.4. The van der Waals surface area contributed by atoms with Crippen molar-refractivity contribution in [2.45, 2.75) is 62.0 Å². The molecule has 35 heavy (non-hydrogen) atoms. The first-order valence-corrected chi connectivity index (χ1v) is 13.6. The maximum absolute atomic E-state index is 13.6. The van der Waals surface area contributed by atoms with Crippen LogP contribution in [0.25, 0.3) is 0 Å². The van der Waals surface area contributed by atoms with E-state index in [4.69, 9.17) is 21.1 Å². The minimum absolute atomic E-state index is 0.00929. The Kier molecular flexibility index (Phi) is 8.46. The van der Waals surface area contributed by atoms with E-state index in [9.17, 15) is 18.3 Å². The molecule has 0 aromatic heterocycles. The second-order valence-corrected chi connectivity index (χ2v) is 11.3. The summed E-state index contributed by atoms with van der Waals surface area (Å²) in [6.07, 6.45) is -0.691. The Balaban J connectivity index is 1.44. The summed E-state index contributed by atoms with van der Waals surface area (Å²) >= 11 is 6.16. The van der Waals surface area contributed by atoms with Crippen LogP contribution in [-0.2, 0) is 30.8 Å². The molecule has 2 aromatic carbocycles. The van der Waals surface area contributed by atoms with Gasteiger partial charge in [-0.1, -0.05) is 48.0 Å². The normalized spacial score (nSPS) is 25.8. The monoisotopic (exact) mass is 522 g/mol. The number of aliphatic hydroxyl groups excluding tert-OH is 1. The van der Waals surface area contributed by atoms with E-state index in [2.05, 4.69) is 5.32 Å². The van der Waals surface area contributed by atoms with Gasteiger partial charge in [0.15, 0.2) is 0 Å². The van der Waals surface area contributed by atoms with Crippen LogP contribution in [-0.4, -0.2) is 67.8 Å². The summed E-state index contributed by atoms with van der Waals surface area (Å²) in [5.74, 6) is -0.167. The zero-order valence-electron chi connectivity index (χ0n) is 19.6. The van der Waals surface area contributed by atoms with E-state index < -0.39 is 28.3 Å². The number of amides is 1. The van der Waals surface area contributed by atoms with Gasteiger partial charge < -0.3 is 19.9 Å². The number of halogens is 1. The van der Waals surface area contributed by atoms with Gasteiger partial charge in [0, 0.05) is 18.1 Å². The lowest BCUT2D eigenvalue weighted by atomic mass is 9.96. The zero-order valence-corrected chi connectivity index (χ0v) is 21.2. The first-order chi connectivity index (χ1) is 16.8. The third-order valence-electron chi connectivity index (χ3n) is 6.46. The molecule has 2 aromatic rings. The number of aliphatic hydroxyl groups is 1. The molecule has 2 aliphatic rings. The Morgan fingerprint density at radius 1 is 1.14 bits per heavy atom. The Morgan fingerprint density at radius 2 is 1.89 bits per heavy atom. The zero-order chi connectivity index (χ0) is 25.0. The third kappa shape index (κ3) is 6.22. The minimum atomic E-state index is -3.87. The van der Waals surface area contributed by atoms with Crippen molar-refractivity contribution < 1.29 is 27.8 Å². The highest BCUT2D eigenvalue weighted by Crippen LogP contribution is 2.32. The number of rotatable bonds is 6. The van der Waals surface area contributed by atoms with Crippen LogP contribution in [0.5, 0.6) is 0 Å². The molecule has 2 saturated heterocycles. The molecule has 2 aliphatic heterocycles. The number of nitrogens with one attached hydrogen (secondary N) is 1. The molecule has 0 spiro atoms. The molecule has 190 valence electrons. The van der Waals surface area contributed by atoms with Crippen molar-refractivity contribution in [2.24, 2.45) is 0 Å². The third-order valence-corrected chi connectivity index (χ3v) is 8.88. The minimum Gasteiger partial charge on any atom is -0.389 e. The van der Waals surface area contributed by atoms with Gasteiger partial charge >= 0.3 is 0 Å². The Bertz CT molecular complexity index is 1140. The molecule has 0 unspecified atom stereocenters. The van der Waals surface area contributed by atoms with Gasteiger partial charge in [-0.25, -0.2) is 8.42 Å². The standard InChI is InChI=1S/C25H31ClN2O6S/c1-17-6-2-5-9-24(17)35(31,32)28-14-19(29)15-33-16-23-22(28)11-10-20(34-23)12-25(30)27-13-18-7-3-4-8-21(18)26/h2-9,19-20,22-23,29H,10-16H2,1H3,(H,27,30)/t19-,20+,22+,23-/m0/s1. The summed E-state index contributed by atoms with van der Waals surface area (Å²) in [6, 6.07) is 13.6. The molecule has 2 fully saturated rings. The maximum Gasteiger partial charge on any atom is 0.243 e. The molecule has 0 aliphatic carbocycles. The van der Waals surface area contributed by atoms with Gasteiger partial charge in [-0.15, -0.1) is 0 Å². The lowest BCUT2D eigenvalue weighted by Gasteiger charge is -2.43. The number of carbonyl (C=O) groups is 1. The lowest BCUT2D eigenvalue weighted by molar-refractivity contribution is -0.146. The number of nitrogens with zero attached hydrogens (tertiary/aromatic N) is 1. The van der Waals surface area contributed by atoms with Crippen molar-refractivity contribution >= 4 is 27.5 Å². The molecular formula is C25H31ClN2O6S. The van der Waals surface area contributed by atoms with E-state index in [-0.39, 0.29) is 43.1 Å². The molecule has 0 bridgehead atoms. The fourth-order valence-electron chi connectivity index (χ4n) is 4.66. The second-order valence-electron chi connectivity index (χ2n) is 9.05. The number of β-amino-alcohol motifs (C(OH)–C–C–N with tert-alkyl or cyclic N) is 1. The van der Waals surface area contributed by atoms with Crippen LogP contribution >= 0.6 is 11.6 Å². The Labute approximate surface area is 211 Å². The fourth-order valence-corrected chi connectivity index (χ4v) is 6.80. The summed E-state index contributed by atoms with van der Waals surface area (Å²) in [5, 5.41) is 13.8. The van der Waals surface area contributed by atoms with E-state index in [1.807, 2.05) is 18.2 Å². The van der Waals surface area contributed by atoms with Gasteiger partial charge in [-0.2, -0.15) is 4.31 Å². The number of aryl methyl sites for hydroxylation is 1. The van der Waals surface area contributed by atoms with Crippen LogP contribution < -0.4 is 5.32 Å². The summed E-state index contributed by atoms with van der Waals surface area (Å²) in [5.41, 5.74) is 1.47. The van der Waals surface area contributed by atoms with Gasteiger partial charge in [0.1, 0.15) is 0 Å². The van der Waals surface area contributed by atoms with E-state index in [0.29, 0.717) is 30.0 Å². The van der Waals surface area contributed by atoms with Crippen LogP contribution in [0, 0.1) is 6.92 Å². The Hall–Kier alpha value is -2.01. The summed E-state index contributed by atoms with van der Waals surface area (Å²) in [4.78, 5) is 12.8. The van der Waals surface area contributed by atoms with Gasteiger partial charge in [0.05, 0.1) is 48.9 Å². The maximum atomic E-state index is 13.6. The number of benzene rings is 2. The average molecular weight is 523 g/mol. The first-order valence-electron chi connectivity index (χ1n) is 11.7. The van der Waals surface area contributed by atoms with Gasteiger partial charge in [-0.05, 0) is 43.0 Å². The number of hydrogen-bond acceptors (Lipinski definition) is 6. The van der Waals surface area contributed by atoms with Crippen molar-refractivity contribution in [1.29, 1.82) is 0 Å². The molecule has 0 saturated carbocycles.